The monoisotopic (exact) mass is 259 g/mol. The van der Waals surface area contributed by atoms with E-state index < -0.39 is 17.3 Å². The van der Waals surface area contributed by atoms with E-state index in [1.807, 2.05) is 13.8 Å². The molecule has 0 bridgehead atoms. The first-order chi connectivity index (χ1) is 8.12. The first-order valence-electron chi connectivity index (χ1n) is 5.66. The zero-order valence-corrected chi connectivity index (χ0v) is 10.6. The van der Waals surface area contributed by atoms with Crippen LogP contribution in [0.4, 0.5) is 13.2 Å². The SMILES string of the molecule is COc1ccc(C(F)(F)F)cc1C1(N)CC1(C)C. The highest BCUT2D eigenvalue weighted by Crippen LogP contribution is 2.62. The molecule has 0 amide bonds. The predicted octanol–water partition coefficient (Wildman–Crippen LogP) is 3.30. The molecular weight excluding hydrogens is 243 g/mol. The van der Waals surface area contributed by atoms with Gasteiger partial charge in [-0.2, -0.15) is 13.2 Å². The van der Waals surface area contributed by atoms with Crippen molar-refractivity contribution in [2.24, 2.45) is 11.1 Å². The molecule has 1 unspecified atom stereocenters. The molecule has 0 radical (unpaired) electrons. The van der Waals surface area contributed by atoms with Crippen molar-refractivity contribution in [3.05, 3.63) is 29.3 Å². The molecule has 0 heterocycles. The first-order valence-corrected chi connectivity index (χ1v) is 5.66. The van der Waals surface area contributed by atoms with E-state index in [9.17, 15) is 13.2 Å². The van der Waals surface area contributed by atoms with Gasteiger partial charge in [0.2, 0.25) is 0 Å². The van der Waals surface area contributed by atoms with Crippen LogP contribution in [-0.2, 0) is 11.7 Å². The Morgan fingerprint density at radius 3 is 2.22 bits per heavy atom. The van der Waals surface area contributed by atoms with Crippen molar-refractivity contribution in [1.82, 2.24) is 0 Å². The normalized spacial score (nSPS) is 25.9. The highest BCUT2D eigenvalue weighted by atomic mass is 19.4. The summed E-state index contributed by atoms with van der Waals surface area (Å²) in [6, 6.07) is 3.45. The van der Waals surface area contributed by atoms with Crippen molar-refractivity contribution in [3.63, 3.8) is 0 Å². The third kappa shape index (κ3) is 1.86. The van der Waals surface area contributed by atoms with E-state index >= 15 is 0 Å². The van der Waals surface area contributed by atoms with Crippen LogP contribution in [0.5, 0.6) is 5.75 Å². The van der Waals surface area contributed by atoms with Gasteiger partial charge in [-0.15, -0.1) is 0 Å². The molecule has 0 aliphatic heterocycles. The topological polar surface area (TPSA) is 35.2 Å². The summed E-state index contributed by atoms with van der Waals surface area (Å²) in [5, 5.41) is 0. The lowest BCUT2D eigenvalue weighted by atomic mass is 9.94. The average Bonchev–Trinajstić information content (AvgIpc) is 2.77. The van der Waals surface area contributed by atoms with Crippen LogP contribution in [0.3, 0.4) is 0 Å². The molecule has 1 aromatic carbocycles. The van der Waals surface area contributed by atoms with E-state index in [1.165, 1.54) is 13.2 Å². The van der Waals surface area contributed by atoms with Gasteiger partial charge >= 0.3 is 6.18 Å². The number of ether oxygens (including phenoxy) is 1. The Balaban J connectivity index is 2.52. The predicted molar refractivity (Wildman–Crippen MR) is 62.3 cm³/mol. The fraction of sp³-hybridized carbons (Fsp3) is 0.538. The lowest BCUT2D eigenvalue weighted by Crippen LogP contribution is -2.26. The molecule has 2 nitrogen and oxygen atoms in total. The smallest absolute Gasteiger partial charge is 0.416 e. The van der Waals surface area contributed by atoms with Gasteiger partial charge in [0.05, 0.1) is 18.2 Å². The first kappa shape index (κ1) is 13.2. The summed E-state index contributed by atoms with van der Waals surface area (Å²) < 4.78 is 43.3. The van der Waals surface area contributed by atoms with Crippen LogP contribution < -0.4 is 10.5 Å². The van der Waals surface area contributed by atoms with E-state index in [4.69, 9.17) is 10.5 Å². The van der Waals surface area contributed by atoms with Gasteiger partial charge in [-0.05, 0) is 30.0 Å². The molecule has 1 saturated carbocycles. The maximum absolute atomic E-state index is 12.7. The highest BCUT2D eigenvalue weighted by molar-refractivity contribution is 5.48. The minimum absolute atomic E-state index is 0.204. The molecule has 0 aromatic heterocycles. The van der Waals surface area contributed by atoms with E-state index in [1.54, 1.807) is 0 Å². The summed E-state index contributed by atoms with van der Waals surface area (Å²) in [5.74, 6) is 0.413. The third-order valence-electron chi connectivity index (χ3n) is 3.81. The number of halogens is 3. The van der Waals surface area contributed by atoms with Gasteiger partial charge in [0, 0.05) is 5.56 Å². The summed E-state index contributed by atoms with van der Waals surface area (Å²) in [5.41, 5.74) is 4.99. The lowest BCUT2D eigenvalue weighted by molar-refractivity contribution is -0.137. The van der Waals surface area contributed by atoms with Gasteiger partial charge in [-0.3, -0.25) is 0 Å². The van der Waals surface area contributed by atoms with Crippen molar-refractivity contribution < 1.29 is 17.9 Å². The van der Waals surface area contributed by atoms with Crippen LogP contribution in [0.1, 0.15) is 31.4 Å². The quantitative estimate of drug-likeness (QED) is 0.884. The Morgan fingerprint density at radius 2 is 1.83 bits per heavy atom. The van der Waals surface area contributed by atoms with E-state index in [2.05, 4.69) is 0 Å². The Morgan fingerprint density at radius 1 is 1.28 bits per heavy atom. The Kier molecular flexibility index (Phi) is 2.67. The van der Waals surface area contributed by atoms with Crippen LogP contribution in [0, 0.1) is 5.41 Å². The molecule has 18 heavy (non-hydrogen) atoms. The largest absolute Gasteiger partial charge is 0.496 e. The minimum atomic E-state index is -4.36. The van der Waals surface area contributed by atoms with Crippen molar-refractivity contribution >= 4 is 0 Å². The van der Waals surface area contributed by atoms with Crippen LogP contribution in [0.15, 0.2) is 18.2 Å². The van der Waals surface area contributed by atoms with Crippen molar-refractivity contribution in [3.8, 4) is 5.75 Å². The van der Waals surface area contributed by atoms with Crippen molar-refractivity contribution in [1.29, 1.82) is 0 Å². The molecule has 1 fully saturated rings. The van der Waals surface area contributed by atoms with Crippen LogP contribution in [-0.4, -0.2) is 7.11 Å². The second kappa shape index (κ2) is 3.63. The third-order valence-corrected chi connectivity index (χ3v) is 3.81. The molecule has 0 saturated heterocycles. The maximum atomic E-state index is 12.7. The summed E-state index contributed by atoms with van der Waals surface area (Å²) in [7, 11) is 1.44. The van der Waals surface area contributed by atoms with Gasteiger partial charge in [0.1, 0.15) is 5.75 Å². The Hall–Kier alpha value is -1.23. The van der Waals surface area contributed by atoms with Crippen molar-refractivity contribution in [2.75, 3.05) is 7.11 Å². The molecule has 5 heteroatoms. The summed E-state index contributed by atoms with van der Waals surface area (Å²) >= 11 is 0. The highest BCUT2D eigenvalue weighted by Gasteiger charge is 2.60. The molecule has 100 valence electrons. The fourth-order valence-corrected chi connectivity index (χ4v) is 2.35. The van der Waals surface area contributed by atoms with Crippen LogP contribution in [0.25, 0.3) is 0 Å². The van der Waals surface area contributed by atoms with Crippen LogP contribution in [0.2, 0.25) is 0 Å². The second-order valence-electron chi connectivity index (χ2n) is 5.44. The van der Waals surface area contributed by atoms with E-state index in [0.717, 1.165) is 12.1 Å². The molecule has 2 N–H and O–H groups in total. The summed E-state index contributed by atoms with van der Waals surface area (Å²) in [4.78, 5) is 0. The van der Waals surface area contributed by atoms with Gasteiger partial charge in [0.15, 0.2) is 0 Å². The average molecular weight is 259 g/mol. The molecule has 1 aromatic rings. The molecule has 1 aliphatic carbocycles. The van der Waals surface area contributed by atoms with Gasteiger partial charge < -0.3 is 10.5 Å². The second-order valence-corrected chi connectivity index (χ2v) is 5.44. The molecule has 2 rings (SSSR count). The molecular formula is C13H16F3NO. The summed E-state index contributed by atoms with van der Waals surface area (Å²) in [6.07, 6.45) is -3.71. The number of hydrogen-bond donors (Lipinski definition) is 1. The number of rotatable bonds is 2. The van der Waals surface area contributed by atoms with E-state index in [0.29, 0.717) is 17.7 Å². The Bertz CT molecular complexity index is 482. The number of hydrogen-bond acceptors (Lipinski definition) is 2. The van der Waals surface area contributed by atoms with Gasteiger partial charge in [-0.25, -0.2) is 0 Å². The Labute approximate surface area is 104 Å². The van der Waals surface area contributed by atoms with Gasteiger partial charge in [-0.1, -0.05) is 13.8 Å². The summed E-state index contributed by atoms with van der Waals surface area (Å²) in [6.45, 7) is 3.87. The minimum Gasteiger partial charge on any atom is -0.496 e. The number of alkyl halides is 3. The number of benzene rings is 1. The zero-order chi connectivity index (χ0) is 13.8. The standard InChI is InChI=1S/C13H16F3NO/c1-11(2)7-12(11,17)9-6-8(13(14,15)16)4-5-10(9)18-3/h4-6H,7,17H2,1-3H3. The molecule has 0 spiro atoms. The molecule has 1 aliphatic rings. The number of nitrogens with two attached hydrogens (primary N) is 1. The van der Waals surface area contributed by atoms with E-state index in [-0.39, 0.29) is 5.41 Å². The fourth-order valence-electron chi connectivity index (χ4n) is 2.35. The van der Waals surface area contributed by atoms with Crippen molar-refractivity contribution in [2.45, 2.75) is 32.0 Å². The lowest BCUT2D eigenvalue weighted by Gasteiger charge is -2.20. The van der Waals surface area contributed by atoms with Gasteiger partial charge in [0.25, 0.3) is 0 Å². The molecule has 1 atom stereocenters. The van der Waals surface area contributed by atoms with Crippen LogP contribution >= 0.6 is 0 Å². The maximum Gasteiger partial charge on any atom is 0.416 e. The number of methoxy groups -OCH3 is 1. The zero-order valence-electron chi connectivity index (χ0n) is 10.6.